The molecule has 28 heavy (non-hydrogen) atoms. The number of carbonyl (C=O) groups is 2. The Morgan fingerprint density at radius 1 is 1.00 bits per heavy atom. The van der Waals surface area contributed by atoms with E-state index in [1.165, 1.54) is 30.3 Å². The van der Waals surface area contributed by atoms with Crippen LogP contribution >= 0.6 is 0 Å². The van der Waals surface area contributed by atoms with Crippen LogP contribution in [-0.2, 0) is 11.3 Å². The summed E-state index contributed by atoms with van der Waals surface area (Å²) in [4.78, 5) is 28.3. The van der Waals surface area contributed by atoms with E-state index in [9.17, 15) is 14.0 Å². The van der Waals surface area contributed by atoms with Crippen LogP contribution in [0.15, 0.2) is 79.0 Å². The van der Waals surface area contributed by atoms with E-state index >= 15 is 0 Å². The number of halogens is 1. The molecular weight excluding hydrogens is 357 g/mol. The molecule has 0 unspecified atom stereocenters. The molecule has 0 atom stereocenters. The van der Waals surface area contributed by atoms with Gasteiger partial charge in [-0.25, -0.2) is 4.39 Å². The average molecular weight is 375 g/mol. The Hall–Kier alpha value is -3.80. The molecule has 140 valence electrons. The van der Waals surface area contributed by atoms with Crippen molar-refractivity contribution in [2.24, 2.45) is 0 Å². The molecule has 0 aliphatic carbocycles. The maximum atomic E-state index is 13.0. The molecule has 3 rings (SSSR count). The first-order chi connectivity index (χ1) is 13.6. The Morgan fingerprint density at radius 3 is 2.57 bits per heavy atom. The minimum Gasteiger partial charge on any atom is -0.348 e. The number of pyridine rings is 1. The average Bonchev–Trinajstić information content (AvgIpc) is 2.72. The highest BCUT2D eigenvalue weighted by Gasteiger charge is 2.07. The van der Waals surface area contributed by atoms with E-state index in [1.54, 1.807) is 42.6 Å². The molecule has 1 aromatic heterocycles. The number of hydrogen-bond donors (Lipinski definition) is 2. The third kappa shape index (κ3) is 5.60. The van der Waals surface area contributed by atoms with Crippen LogP contribution in [0.5, 0.6) is 0 Å². The third-order valence-corrected chi connectivity index (χ3v) is 3.85. The van der Waals surface area contributed by atoms with Crippen molar-refractivity contribution in [2.45, 2.75) is 6.54 Å². The van der Waals surface area contributed by atoms with E-state index in [0.29, 0.717) is 23.5 Å². The summed E-state index contributed by atoms with van der Waals surface area (Å²) in [5, 5.41) is 5.54. The molecule has 6 heteroatoms. The highest BCUT2D eigenvalue weighted by atomic mass is 19.1. The molecule has 0 bridgehead atoms. The second kappa shape index (κ2) is 9.23. The zero-order chi connectivity index (χ0) is 19.8. The van der Waals surface area contributed by atoms with E-state index in [2.05, 4.69) is 15.6 Å². The molecule has 0 spiro atoms. The molecule has 2 N–H and O–H groups in total. The first-order valence-corrected chi connectivity index (χ1v) is 8.63. The van der Waals surface area contributed by atoms with Crippen molar-refractivity contribution in [2.75, 3.05) is 5.32 Å². The lowest BCUT2D eigenvalue weighted by molar-refractivity contribution is -0.116. The first kappa shape index (κ1) is 19.0. The summed E-state index contributed by atoms with van der Waals surface area (Å²) in [5.41, 5.74) is 2.48. The van der Waals surface area contributed by atoms with Crippen molar-refractivity contribution >= 4 is 23.6 Å². The summed E-state index contributed by atoms with van der Waals surface area (Å²) < 4.78 is 13.0. The number of rotatable bonds is 6. The lowest BCUT2D eigenvalue weighted by Crippen LogP contribution is -2.20. The smallest absolute Gasteiger partial charge is 0.255 e. The highest BCUT2D eigenvalue weighted by Crippen LogP contribution is 2.13. The molecule has 0 aliphatic rings. The Kier molecular flexibility index (Phi) is 6.25. The zero-order valence-electron chi connectivity index (χ0n) is 14.9. The number of nitrogens with one attached hydrogen (secondary N) is 2. The van der Waals surface area contributed by atoms with Gasteiger partial charge in [-0.2, -0.15) is 0 Å². The van der Waals surface area contributed by atoms with Crippen LogP contribution in [0.1, 0.15) is 21.6 Å². The van der Waals surface area contributed by atoms with Gasteiger partial charge in [0.05, 0.1) is 5.69 Å². The normalized spacial score (nSPS) is 10.6. The van der Waals surface area contributed by atoms with E-state index in [4.69, 9.17) is 0 Å². The van der Waals surface area contributed by atoms with Crippen molar-refractivity contribution in [3.63, 3.8) is 0 Å². The van der Waals surface area contributed by atoms with Crippen LogP contribution < -0.4 is 10.6 Å². The van der Waals surface area contributed by atoms with Crippen molar-refractivity contribution in [3.05, 3.63) is 102 Å². The van der Waals surface area contributed by atoms with Gasteiger partial charge in [0.2, 0.25) is 5.91 Å². The van der Waals surface area contributed by atoms with Crippen LogP contribution in [0.2, 0.25) is 0 Å². The number of nitrogens with zero attached hydrogens (tertiary/aromatic N) is 1. The molecule has 0 aliphatic heterocycles. The van der Waals surface area contributed by atoms with Crippen molar-refractivity contribution in [3.8, 4) is 0 Å². The van der Waals surface area contributed by atoms with Gasteiger partial charge in [0.25, 0.3) is 5.91 Å². The van der Waals surface area contributed by atoms with Crippen LogP contribution in [0.4, 0.5) is 10.1 Å². The van der Waals surface area contributed by atoms with Gasteiger partial charge in [-0.1, -0.05) is 18.2 Å². The number of benzene rings is 2. The Bertz CT molecular complexity index is 986. The molecule has 0 radical (unpaired) electrons. The van der Waals surface area contributed by atoms with Crippen LogP contribution in [0.25, 0.3) is 6.08 Å². The van der Waals surface area contributed by atoms with Gasteiger partial charge < -0.3 is 10.6 Å². The number of anilines is 1. The zero-order valence-corrected chi connectivity index (χ0v) is 14.9. The van der Waals surface area contributed by atoms with Crippen LogP contribution in [-0.4, -0.2) is 16.8 Å². The van der Waals surface area contributed by atoms with Gasteiger partial charge in [0.1, 0.15) is 5.82 Å². The molecule has 3 aromatic rings. The molecular formula is C22H18FN3O2. The lowest BCUT2D eigenvalue weighted by atomic mass is 10.1. The number of amides is 2. The largest absolute Gasteiger partial charge is 0.348 e. The minimum atomic E-state index is -0.397. The molecule has 5 nitrogen and oxygen atoms in total. The maximum absolute atomic E-state index is 13.0. The SMILES string of the molecule is O=C(C=Cc1ccccn1)NCc1cccc(NC(=O)c2ccc(F)cc2)c1. The Balaban J connectivity index is 1.55. The maximum Gasteiger partial charge on any atom is 0.255 e. The van der Waals surface area contributed by atoms with E-state index < -0.39 is 5.82 Å². The molecule has 0 fully saturated rings. The summed E-state index contributed by atoms with van der Waals surface area (Å²) in [6.07, 6.45) is 4.71. The predicted molar refractivity (Wildman–Crippen MR) is 106 cm³/mol. The molecule has 1 heterocycles. The van der Waals surface area contributed by atoms with Crippen molar-refractivity contribution in [1.82, 2.24) is 10.3 Å². The van der Waals surface area contributed by atoms with Crippen molar-refractivity contribution < 1.29 is 14.0 Å². The van der Waals surface area contributed by atoms with E-state index in [1.807, 2.05) is 12.1 Å². The fourth-order valence-corrected chi connectivity index (χ4v) is 2.45. The lowest BCUT2D eigenvalue weighted by Gasteiger charge is -2.08. The molecule has 2 amide bonds. The quantitative estimate of drug-likeness (QED) is 0.644. The fraction of sp³-hybridized carbons (Fsp3) is 0.0455. The van der Waals surface area contributed by atoms with Crippen molar-refractivity contribution in [1.29, 1.82) is 0 Å². The molecule has 0 saturated carbocycles. The second-order valence-electron chi connectivity index (χ2n) is 5.97. The monoisotopic (exact) mass is 375 g/mol. The summed E-state index contributed by atoms with van der Waals surface area (Å²) in [5.74, 6) is -0.975. The Labute approximate surface area is 161 Å². The second-order valence-corrected chi connectivity index (χ2v) is 5.97. The topological polar surface area (TPSA) is 71.1 Å². The van der Waals surface area contributed by atoms with Gasteiger partial charge in [0.15, 0.2) is 0 Å². The minimum absolute atomic E-state index is 0.244. The summed E-state index contributed by atoms with van der Waals surface area (Å²) in [7, 11) is 0. The van der Waals surface area contributed by atoms with Gasteiger partial charge in [-0.3, -0.25) is 14.6 Å². The number of carbonyl (C=O) groups excluding carboxylic acids is 2. The van der Waals surface area contributed by atoms with Crippen LogP contribution in [0, 0.1) is 5.82 Å². The van der Waals surface area contributed by atoms with Gasteiger partial charge >= 0.3 is 0 Å². The van der Waals surface area contributed by atoms with Gasteiger partial charge in [-0.05, 0) is 60.2 Å². The van der Waals surface area contributed by atoms with E-state index in [0.717, 1.165) is 5.56 Å². The molecule has 2 aromatic carbocycles. The fourth-order valence-electron chi connectivity index (χ4n) is 2.45. The number of aromatic nitrogens is 1. The third-order valence-electron chi connectivity index (χ3n) is 3.85. The first-order valence-electron chi connectivity index (χ1n) is 8.63. The van der Waals surface area contributed by atoms with E-state index in [-0.39, 0.29) is 11.8 Å². The summed E-state index contributed by atoms with van der Waals surface area (Å²) >= 11 is 0. The Morgan fingerprint density at radius 2 is 1.82 bits per heavy atom. The highest BCUT2D eigenvalue weighted by molar-refractivity contribution is 6.04. The van der Waals surface area contributed by atoms with Gasteiger partial charge in [0, 0.05) is 30.1 Å². The molecule has 0 saturated heterocycles. The van der Waals surface area contributed by atoms with Crippen LogP contribution in [0.3, 0.4) is 0 Å². The standard InChI is InChI=1S/C22H18FN3O2/c23-18-9-7-17(8-10-18)22(28)26-20-6-3-4-16(14-20)15-25-21(27)12-11-19-5-1-2-13-24-19/h1-14H,15H2,(H,25,27)(H,26,28). The summed E-state index contributed by atoms with van der Waals surface area (Å²) in [6.45, 7) is 0.311. The summed E-state index contributed by atoms with van der Waals surface area (Å²) in [6, 6.07) is 17.9. The predicted octanol–water partition coefficient (Wildman–Crippen LogP) is 3.80. The van der Waals surface area contributed by atoms with Gasteiger partial charge in [-0.15, -0.1) is 0 Å². The number of hydrogen-bond acceptors (Lipinski definition) is 3.